The lowest BCUT2D eigenvalue weighted by Crippen LogP contribution is -2.53. The highest BCUT2D eigenvalue weighted by Gasteiger charge is 2.26. The van der Waals surface area contributed by atoms with Crippen LogP contribution in [0, 0.1) is 0 Å². The maximum Gasteiger partial charge on any atom is 0.253 e. The van der Waals surface area contributed by atoms with Crippen LogP contribution in [0.3, 0.4) is 0 Å². The molecule has 0 spiro atoms. The Morgan fingerprint density at radius 3 is 2.90 bits per heavy atom. The Morgan fingerprint density at radius 1 is 1.43 bits per heavy atom. The predicted molar refractivity (Wildman–Crippen MR) is 77.2 cm³/mol. The van der Waals surface area contributed by atoms with Gasteiger partial charge in [-0.1, -0.05) is 23.7 Å². The molecular weight excluding hydrogens is 296 g/mol. The summed E-state index contributed by atoms with van der Waals surface area (Å²) in [5.41, 5.74) is 0.327. The number of morpholine rings is 1. The highest BCUT2D eigenvalue weighted by Crippen LogP contribution is 2.14. The van der Waals surface area contributed by atoms with Gasteiger partial charge in [0.25, 0.3) is 5.91 Å². The molecule has 1 aliphatic heterocycles. The summed E-state index contributed by atoms with van der Waals surface area (Å²) < 4.78 is 5.21. The van der Waals surface area contributed by atoms with E-state index in [0.717, 1.165) is 0 Å². The Bertz CT molecular complexity index is 523. The summed E-state index contributed by atoms with van der Waals surface area (Å²) in [6.45, 7) is 0.845. The standard InChI is InChI=1S/C14H17ClN2O4/c15-12-4-2-1-3-11(12)14(20)16-7-13(19)17-5-6-21-9-10(17)8-18/h1-4,10,18H,5-9H2,(H,16,20). The number of benzene rings is 1. The molecule has 1 unspecified atom stereocenters. The highest BCUT2D eigenvalue weighted by molar-refractivity contribution is 6.33. The zero-order chi connectivity index (χ0) is 15.2. The van der Waals surface area contributed by atoms with Gasteiger partial charge in [-0.15, -0.1) is 0 Å². The van der Waals surface area contributed by atoms with Crippen molar-refractivity contribution in [1.82, 2.24) is 10.2 Å². The number of nitrogens with one attached hydrogen (secondary N) is 1. The Hall–Kier alpha value is -1.63. The average molecular weight is 313 g/mol. The van der Waals surface area contributed by atoms with E-state index >= 15 is 0 Å². The lowest BCUT2D eigenvalue weighted by atomic mass is 10.2. The predicted octanol–water partition coefficient (Wildman–Crippen LogP) is 0.290. The number of ether oxygens (including phenoxy) is 1. The van der Waals surface area contributed by atoms with Gasteiger partial charge in [0.1, 0.15) is 0 Å². The third-order valence-electron chi connectivity index (χ3n) is 3.28. The quantitative estimate of drug-likeness (QED) is 0.837. The average Bonchev–Trinajstić information content (AvgIpc) is 2.52. The van der Waals surface area contributed by atoms with Crippen molar-refractivity contribution in [3.05, 3.63) is 34.9 Å². The van der Waals surface area contributed by atoms with Gasteiger partial charge in [-0.2, -0.15) is 0 Å². The molecule has 114 valence electrons. The van der Waals surface area contributed by atoms with Gasteiger partial charge in [-0.25, -0.2) is 0 Å². The van der Waals surface area contributed by atoms with Gasteiger partial charge in [-0.05, 0) is 12.1 Å². The third kappa shape index (κ3) is 3.93. The molecule has 0 aromatic heterocycles. The number of carbonyl (C=O) groups is 2. The molecule has 6 nitrogen and oxygen atoms in total. The number of aliphatic hydroxyl groups is 1. The number of rotatable bonds is 4. The fourth-order valence-electron chi connectivity index (χ4n) is 2.13. The number of carbonyl (C=O) groups excluding carboxylic acids is 2. The van der Waals surface area contributed by atoms with Gasteiger partial charge in [0.15, 0.2) is 0 Å². The molecule has 0 radical (unpaired) electrons. The minimum absolute atomic E-state index is 0.138. The zero-order valence-electron chi connectivity index (χ0n) is 11.4. The molecule has 2 rings (SSSR count). The molecular formula is C14H17ClN2O4. The molecule has 0 saturated carbocycles. The molecule has 2 N–H and O–H groups in total. The maximum absolute atomic E-state index is 12.1. The Labute approximate surface area is 127 Å². The molecule has 1 saturated heterocycles. The van der Waals surface area contributed by atoms with E-state index in [1.54, 1.807) is 24.3 Å². The number of halogens is 1. The van der Waals surface area contributed by atoms with Gasteiger partial charge in [-0.3, -0.25) is 9.59 Å². The van der Waals surface area contributed by atoms with E-state index < -0.39 is 5.91 Å². The van der Waals surface area contributed by atoms with Crippen LogP contribution in [-0.4, -0.2) is 60.8 Å². The SMILES string of the molecule is O=C(NCC(=O)N1CCOCC1CO)c1ccccc1Cl. The lowest BCUT2D eigenvalue weighted by Gasteiger charge is -2.34. The first-order valence-electron chi connectivity index (χ1n) is 6.64. The summed E-state index contributed by atoms with van der Waals surface area (Å²) >= 11 is 5.92. The molecule has 2 amide bonds. The zero-order valence-corrected chi connectivity index (χ0v) is 12.2. The van der Waals surface area contributed by atoms with E-state index in [1.165, 1.54) is 4.90 Å². The maximum atomic E-state index is 12.1. The molecule has 1 aromatic rings. The second-order valence-corrected chi connectivity index (χ2v) is 5.07. The summed E-state index contributed by atoms with van der Waals surface area (Å²) in [4.78, 5) is 25.6. The number of hydrogen-bond donors (Lipinski definition) is 2. The van der Waals surface area contributed by atoms with Crippen molar-refractivity contribution in [2.45, 2.75) is 6.04 Å². The molecule has 1 atom stereocenters. The first kappa shape index (κ1) is 15.8. The van der Waals surface area contributed by atoms with E-state index in [9.17, 15) is 14.7 Å². The Morgan fingerprint density at radius 2 is 2.19 bits per heavy atom. The van der Waals surface area contributed by atoms with Gasteiger partial charge in [0, 0.05) is 6.54 Å². The van der Waals surface area contributed by atoms with Crippen LogP contribution in [-0.2, 0) is 9.53 Å². The second-order valence-electron chi connectivity index (χ2n) is 4.66. The van der Waals surface area contributed by atoms with E-state index in [-0.39, 0.29) is 25.1 Å². The molecule has 0 bridgehead atoms. The largest absolute Gasteiger partial charge is 0.394 e. The number of nitrogens with zero attached hydrogens (tertiary/aromatic N) is 1. The minimum atomic E-state index is -0.400. The van der Waals surface area contributed by atoms with Crippen molar-refractivity contribution in [3.63, 3.8) is 0 Å². The first-order chi connectivity index (χ1) is 10.1. The van der Waals surface area contributed by atoms with Crippen LogP contribution in [0.5, 0.6) is 0 Å². The number of amides is 2. The van der Waals surface area contributed by atoms with Crippen LogP contribution < -0.4 is 5.32 Å². The minimum Gasteiger partial charge on any atom is -0.394 e. The Balaban J connectivity index is 1.91. The number of hydrogen-bond acceptors (Lipinski definition) is 4. The molecule has 21 heavy (non-hydrogen) atoms. The number of aliphatic hydroxyl groups excluding tert-OH is 1. The van der Waals surface area contributed by atoms with Crippen LogP contribution in [0.15, 0.2) is 24.3 Å². The van der Waals surface area contributed by atoms with Crippen LogP contribution in [0.4, 0.5) is 0 Å². The molecule has 7 heteroatoms. The van der Waals surface area contributed by atoms with Crippen LogP contribution in [0.1, 0.15) is 10.4 Å². The van der Waals surface area contributed by atoms with Gasteiger partial charge in [0.05, 0.1) is 43.0 Å². The first-order valence-corrected chi connectivity index (χ1v) is 7.02. The van der Waals surface area contributed by atoms with Crippen molar-refractivity contribution in [3.8, 4) is 0 Å². The van der Waals surface area contributed by atoms with Gasteiger partial charge >= 0.3 is 0 Å². The van der Waals surface area contributed by atoms with Crippen molar-refractivity contribution in [2.24, 2.45) is 0 Å². The molecule has 1 aliphatic rings. The van der Waals surface area contributed by atoms with Crippen molar-refractivity contribution >= 4 is 23.4 Å². The summed E-state index contributed by atoms with van der Waals surface area (Å²) in [7, 11) is 0. The van der Waals surface area contributed by atoms with Crippen LogP contribution >= 0.6 is 11.6 Å². The summed E-state index contributed by atoms with van der Waals surface area (Å²) in [6.07, 6.45) is 0. The fraction of sp³-hybridized carbons (Fsp3) is 0.429. The normalized spacial score (nSPS) is 18.4. The van der Waals surface area contributed by atoms with E-state index in [4.69, 9.17) is 16.3 Å². The summed E-state index contributed by atoms with van der Waals surface area (Å²) in [5.74, 6) is -0.652. The molecule has 1 aromatic carbocycles. The molecule has 0 aliphatic carbocycles. The fourth-order valence-corrected chi connectivity index (χ4v) is 2.35. The van der Waals surface area contributed by atoms with Crippen LogP contribution in [0.2, 0.25) is 5.02 Å². The summed E-state index contributed by atoms with van der Waals surface area (Å²) in [5, 5.41) is 12.1. The molecule has 1 heterocycles. The monoisotopic (exact) mass is 312 g/mol. The lowest BCUT2D eigenvalue weighted by molar-refractivity contribution is -0.140. The second kappa shape index (κ2) is 7.40. The third-order valence-corrected chi connectivity index (χ3v) is 3.61. The van der Waals surface area contributed by atoms with E-state index in [2.05, 4.69) is 5.32 Å². The van der Waals surface area contributed by atoms with Crippen LogP contribution in [0.25, 0.3) is 0 Å². The summed E-state index contributed by atoms with van der Waals surface area (Å²) in [6, 6.07) is 6.27. The molecule has 1 fully saturated rings. The van der Waals surface area contributed by atoms with Gasteiger partial charge < -0.3 is 20.1 Å². The highest BCUT2D eigenvalue weighted by atomic mass is 35.5. The van der Waals surface area contributed by atoms with Crippen molar-refractivity contribution in [1.29, 1.82) is 0 Å². The van der Waals surface area contributed by atoms with E-state index in [0.29, 0.717) is 30.3 Å². The van der Waals surface area contributed by atoms with Gasteiger partial charge in [0.2, 0.25) is 5.91 Å². The van der Waals surface area contributed by atoms with Crippen molar-refractivity contribution in [2.75, 3.05) is 32.9 Å². The van der Waals surface area contributed by atoms with Crippen molar-refractivity contribution < 1.29 is 19.4 Å². The van der Waals surface area contributed by atoms with E-state index in [1.807, 2.05) is 0 Å². The topological polar surface area (TPSA) is 78.9 Å². The Kier molecular flexibility index (Phi) is 5.55. The smallest absolute Gasteiger partial charge is 0.253 e.